The third-order valence-corrected chi connectivity index (χ3v) is 7.28. The Labute approximate surface area is 173 Å². The summed E-state index contributed by atoms with van der Waals surface area (Å²) in [5.41, 5.74) is 7.67. The zero-order valence-electron chi connectivity index (χ0n) is 16.4. The van der Waals surface area contributed by atoms with Crippen molar-refractivity contribution in [3.8, 4) is 11.3 Å². The van der Waals surface area contributed by atoms with Gasteiger partial charge in [-0.1, -0.05) is 11.6 Å². The standard InChI is InChI=1S/C24H22FN3S/c1-15-5-10-21-19(13-15)18-3-2-4-22-23(18)27(21)11-12-28(22)24-26-20(14-29-24)16-6-8-17(25)9-7-16/h5-10,13-14,22H,2-4,11-12H2,1H3/t22-/m0/s1. The molecule has 3 heterocycles. The molecule has 0 fully saturated rings. The highest BCUT2D eigenvalue weighted by atomic mass is 32.1. The Balaban J connectivity index is 1.42. The van der Waals surface area contributed by atoms with Crippen LogP contribution < -0.4 is 4.90 Å². The van der Waals surface area contributed by atoms with Crippen molar-refractivity contribution in [3.63, 3.8) is 0 Å². The van der Waals surface area contributed by atoms with E-state index >= 15 is 0 Å². The van der Waals surface area contributed by atoms with Gasteiger partial charge in [0.2, 0.25) is 0 Å². The molecule has 1 atom stereocenters. The first-order valence-electron chi connectivity index (χ1n) is 10.3. The maximum absolute atomic E-state index is 13.3. The molecule has 0 bridgehead atoms. The van der Waals surface area contributed by atoms with Gasteiger partial charge in [-0.15, -0.1) is 11.3 Å². The fourth-order valence-corrected chi connectivity index (χ4v) is 6.01. The van der Waals surface area contributed by atoms with Crippen molar-refractivity contribution in [2.24, 2.45) is 0 Å². The molecule has 0 spiro atoms. The van der Waals surface area contributed by atoms with Gasteiger partial charge in [0.15, 0.2) is 5.13 Å². The van der Waals surface area contributed by atoms with Crippen molar-refractivity contribution >= 4 is 27.4 Å². The largest absolute Gasteiger partial charge is 0.341 e. The van der Waals surface area contributed by atoms with Gasteiger partial charge >= 0.3 is 0 Å². The maximum Gasteiger partial charge on any atom is 0.186 e. The van der Waals surface area contributed by atoms with E-state index in [1.807, 2.05) is 12.1 Å². The molecule has 4 aromatic rings. The quantitative estimate of drug-likeness (QED) is 0.403. The van der Waals surface area contributed by atoms with Crippen molar-refractivity contribution in [3.05, 3.63) is 70.5 Å². The third kappa shape index (κ3) is 2.64. The zero-order chi connectivity index (χ0) is 19.5. The number of anilines is 1. The number of rotatable bonds is 2. The van der Waals surface area contributed by atoms with Crippen LogP contribution in [0.15, 0.2) is 47.8 Å². The number of hydrogen-bond donors (Lipinski definition) is 0. The van der Waals surface area contributed by atoms with E-state index in [9.17, 15) is 4.39 Å². The number of thiazole rings is 1. The molecule has 29 heavy (non-hydrogen) atoms. The second kappa shape index (κ2) is 6.42. The summed E-state index contributed by atoms with van der Waals surface area (Å²) in [6, 6.07) is 13.9. The number of nitrogens with zero attached hydrogens (tertiary/aromatic N) is 3. The molecule has 0 saturated heterocycles. The van der Waals surface area contributed by atoms with Gasteiger partial charge in [-0.2, -0.15) is 0 Å². The summed E-state index contributed by atoms with van der Waals surface area (Å²) in [5.74, 6) is -0.210. The molecule has 2 aromatic carbocycles. The monoisotopic (exact) mass is 403 g/mol. The molecule has 2 aromatic heterocycles. The van der Waals surface area contributed by atoms with Crippen molar-refractivity contribution in [2.75, 3.05) is 11.4 Å². The molecular formula is C24H22FN3S. The number of halogens is 1. The summed E-state index contributed by atoms with van der Waals surface area (Å²) in [5, 5.41) is 4.62. The predicted octanol–water partition coefficient (Wildman–Crippen LogP) is 6.11. The molecule has 146 valence electrons. The first-order valence-corrected chi connectivity index (χ1v) is 11.2. The normalized spacial score (nSPS) is 18.3. The lowest BCUT2D eigenvalue weighted by Crippen LogP contribution is -2.39. The van der Waals surface area contributed by atoms with Crippen LogP contribution in [0.25, 0.3) is 22.2 Å². The van der Waals surface area contributed by atoms with Gasteiger partial charge in [0.25, 0.3) is 0 Å². The van der Waals surface area contributed by atoms with E-state index < -0.39 is 0 Å². The number of aromatic nitrogens is 2. The van der Waals surface area contributed by atoms with Crippen LogP contribution >= 0.6 is 11.3 Å². The van der Waals surface area contributed by atoms with Crippen molar-refractivity contribution < 1.29 is 4.39 Å². The molecule has 1 aliphatic carbocycles. The molecule has 6 rings (SSSR count). The average Bonchev–Trinajstić information content (AvgIpc) is 3.34. The molecule has 0 amide bonds. The number of aryl methyl sites for hydroxylation is 2. The Morgan fingerprint density at radius 1 is 1.10 bits per heavy atom. The predicted molar refractivity (Wildman–Crippen MR) is 117 cm³/mol. The van der Waals surface area contributed by atoms with Crippen molar-refractivity contribution in [1.82, 2.24) is 9.55 Å². The van der Waals surface area contributed by atoms with Crippen LogP contribution in [-0.4, -0.2) is 16.1 Å². The summed E-state index contributed by atoms with van der Waals surface area (Å²) in [4.78, 5) is 7.44. The van der Waals surface area contributed by atoms with E-state index in [1.165, 1.54) is 53.6 Å². The van der Waals surface area contributed by atoms with Crippen LogP contribution in [-0.2, 0) is 13.0 Å². The molecule has 2 aliphatic rings. The van der Waals surface area contributed by atoms with Gasteiger partial charge in [-0.05, 0) is 68.1 Å². The first kappa shape index (κ1) is 17.2. The summed E-state index contributed by atoms with van der Waals surface area (Å²) >= 11 is 1.70. The van der Waals surface area contributed by atoms with Crippen LogP contribution in [0.4, 0.5) is 9.52 Å². The summed E-state index contributed by atoms with van der Waals surface area (Å²) in [7, 11) is 0. The molecule has 0 N–H and O–H groups in total. The lowest BCUT2D eigenvalue weighted by molar-refractivity contribution is 0.437. The molecule has 0 saturated carbocycles. The average molecular weight is 404 g/mol. The van der Waals surface area contributed by atoms with Crippen LogP contribution in [0.1, 0.15) is 35.7 Å². The number of hydrogen-bond acceptors (Lipinski definition) is 3. The molecule has 0 radical (unpaired) electrons. The van der Waals surface area contributed by atoms with Crippen molar-refractivity contribution in [2.45, 2.75) is 38.8 Å². The Hall–Kier alpha value is -2.66. The Morgan fingerprint density at radius 2 is 1.97 bits per heavy atom. The highest BCUT2D eigenvalue weighted by Crippen LogP contribution is 2.45. The fourth-order valence-electron chi connectivity index (χ4n) is 5.10. The van der Waals surface area contributed by atoms with Crippen molar-refractivity contribution in [1.29, 1.82) is 0 Å². The van der Waals surface area contributed by atoms with Crippen LogP contribution in [0.5, 0.6) is 0 Å². The molecule has 5 heteroatoms. The first-order chi connectivity index (χ1) is 14.2. The number of benzene rings is 2. The van der Waals surface area contributed by atoms with E-state index in [0.717, 1.165) is 29.5 Å². The lowest BCUT2D eigenvalue weighted by atomic mass is 9.90. The zero-order valence-corrected chi connectivity index (χ0v) is 17.2. The molecule has 1 aliphatic heterocycles. The van der Waals surface area contributed by atoms with E-state index in [1.54, 1.807) is 16.9 Å². The van der Waals surface area contributed by atoms with Gasteiger partial charge in [-0.25, -0.2) is 9.37 Å². The highest BCUT2D eigenvalue weighted by Gasteiger charge is 2.36. The van der Waals surface area contributed by atoms with Gasteiger partial charge in [0.05, 0.1) is 11.7 Å². The molecular weight excluding hydrogens is 381 g/mol. The molecule has 0 unspecified atom stereocenters. The van der Waals surface area contributed by atoms with E-state index in [0.29, 0.717) is 6.04 Å². The topological polar surface area (TPSA) is 21.1 Å². The minimum atomic E-state index is -0.210. The minimum Gasteiger partial charge on any atom is -0.341 e. The van der Waals surface area contributed by atoms with Crippen LogP contribution in [0, 0.1) is 12.7 Å². The SMILES string of the molecule is Cc1ccc2c(c1)c1c3n2CCN(c2nc(-c4ccc(F)cc4)cs2)[C@H]3CCC1. The van der Waals surface area contributed by atoms with E-state index in [-0.39, 0.29) is 5.82 Å². The van der Waals surface area contributed by atoms with Gasteiger partial charge < -0.3 is 9.47 Å². The number of fused-ring (bicyclic) bond motifs is 3. The van der Waals surface area contributed by atoms with Gasteiger partial charge in [0, 0.05) is 40.6 Å². The van der Waals surface area contributed by atoms with E-state index in [2.05, 4.69) is 40.0 Å². The highest BCUT2D eigenvalue weighted by molar-refractivity contribution is 7.14. The third-order valence-electron chi connectivity index (χ3n) is 6.41. The summed E-state index contributed by atoms with van der Waals surface area (Å²) < 4.78 is 15.8. The second-order valence-corrected chi connectivity index (χ2v) is 9.00. The van der Waals surface area contributed by atoms with Crippen LogP contribution in [0.3, 0.4) is 0 Å². The summed E-state index contributed by atoms with van der Waals surface area (Å²) in [6.07, 6.45) is 3.57. The van der Waals surface area contributed by atoms with Gasteiger partial charge in [-0.3, -0.25) is 0 Å². The smallest absolute Gasteiger partial charge is 0.186 e. The van der Waals surface area contributed by atoms with Crippen LogP contribution in [0.2, 0.25) is 0 Å². The minimum absolute atomic E-state index is 0.210. The fraction of sp³-hybridized carbons (Fsp3) is 0.292. The molecule has 3 nitrogen and oxygen atoms in total. The summed E-state index contributed by atoms with van der Waals surface area (Å²) in [6.45, 7) is 4.16. The Kier molecular flexibility index (Phi) is 3.81. The maximum atomic E-state index is 13.3. The second-order valence-electron chi connectivity index (χ2n) is 8.16. The van der Waals surface area contributed by atoms with Gasteiger partial charge in [0.1, 0.15) is 5.82 Å². The Bertz CT molecular complexity index is 1220. The Morgan fingerprint density at radius 3 is 2.83 bits per heavy atom. The lowest BCUT2D eigenvalue weighted by Gasteiger charge is -2.39. The van der Waals surface area contributed by atoms with E-state index in [4.69, 9.17) is 4.98 Å².